The second kappa shape index (κ2) is 12.1. The average molecular weight is 458 g/mol. The molecule has 0 unspecified atom stereocenters. The van der Waals surface area contributed by atoms with Crippen LogP contribution in [0.15, 0.2) is 29.3 Å². The lowest BCUT2D eigenvalue weighted by Gasteiger charge is -2.26. The lowest BCUT2D eigenvalue weighted by atomic mass is 10.1. The molecular formula is C19H31IN4O. The molecule has 5 nitrogen and oxygen atoms in total. The minimum Gasteiger partial charge on any atom is -0.356 e. The van der Waals surface area contributed by atoms with Crippen molar-refractivity contribution in [3.8, 4) is 0 Å². The summed E-state index contributed by atoms with van der Waals surface area (Å²) in [5.41, 5.74) is 2.19. The van der Waals surface area contributed by atoms with Crippen molar-refractivity contribution in [2.75, 3.05) is 25.0 Å². The van der Waals surface area contributed by atoms with Crippen LogP contribution in [0.4, 0.5) is 5.69 Å². The Hall–Kier alpha value is -1.31. The van der Waals surface area contributed by atoms with E-state index in [2.05, 4.69) is 34.7 Å². The molecule has 0 bridgehead atoms. The zero-order valence-electron chi connectivity index (χ0n) is 15.4. The number of anilines is 1. The van der Waals surface area contributed by atoms with E-state index in [1.54, 1.807) is 7.05 Å². The summed E-state index contributed by atoms with van der Waals surface area (Å²) in [5.74, 6) is 1.07. The maximum absolute atomic E-state index is 12.0. The van der Waals surface area contributed by atoms with E-state index in [1.807, 2.05) is 17.0 Å². The molecule has 1 aromatic carbocycles. The number of carbonyl (C=O) groups excluding carboxylic acids is 1. The van der Waals surface area contributed by atoms with Gasteiger partial charge in [0.25, 0.3) is 0 Å². The van der Waals surface area contributed by atoms with E-state index in [9.17, 15) is 4.79 Å². The van der Waals surface area contributed by atoms with Gasteiger partial charge < -0.3 is 15.5 Å². The van der Waals surface area contributed by atoms with Crippen molar-refractivity contribution >= 4 is 41.5 Å². The van der Waals surface area contributed by atoms with E-state index in [0.717, 1.165) is 50.5 Å². The molecule has 2 rings (SSSR count). The summed E-state index contributed by atoms with van der Waals surface area (Å²) in [6.07, 6.45) is 6.40. The van der Waals surface area contributed by atoms with Gasteiger partial charge in [0.05, 0.1) is 0 Å². The first kappa shape index (κ1) is 21.7. The third-order valence-corrected chi connectivity index (χ3v) is 4.33. The number of amides is 1. The van der Waals surface area contributed by atoms with Gasteiger partial charge in [-0.05, 0) is 37.0 Å². The Bertz CT molecular complexity index is 545. The zero-order chi connectivity index (χ0) is 17.2. The van der Waals surface area contributed by atoms with Crippen LogP contribution in [0, 0.1) is 0 Å². The molecule has 2 N–H and O–H groups in total. The number of carbonyl (C=O) groups is 1. The lowest BCUT2D eigenvalue weighted by molar-refractivity contribution is -0.119. The van der Waals surface area contributed by atoms with Gasteiger partial charge in [0, 0.05) is 38.8 Å². The first-order valence-electron chi connectivity index (χ1n) is 9.08. The summed E-state index contributed by atoms with van der Waals surface area (Å²) in [5, 5.41) is 6.66. The molecular weight excluding hydrogens is 427 g/mol. The Morgan fingerprint density at radius 3 is 2.56 bits per heavy atom. The second-order valence-corrected chi connectivity index (χ2v) is 6.23. The van der Waals surface area contributed by atoms with E-state index >= 15 is 0 Å². The summed E-state index contributed by atoms with van der Waals surface area (Å²) in [6.45, 7) is 4.71. The first-order valence-corrected chi connectivity index (χ1v) is 9.08. The highest BCUT2D eigenvalue weighted by Gasteiger charge is 2.19. The average Bonchev–Trinajstić information content (AvgIpc) is 2.62. The molecule has 0 aliphatic carbocycles. The van der Waals surface area contributed by atoms with E-state index in [4.69, 9.17) is 0 Å². The maximum atomic E-state index is 12.0. The molecule has 1 amide bonds. The van der Waals surface area contributed by atoms with E-state index < -0.39 is 0 Å². The van der Waals surface area contributed by atoms with Crippen molar-refractivity contribution in [1.29, 1.82) is 0 Å². The number of halogens is 1. The minimum atomic E-state index is 0. The summed E-state index contributed by atoms with van der Waals surface area (Å²) in [6, 6.07) is 8.23. The van der Waals surface area contributed by atoms with E-state index in [-0.39, 0.29) is 29.9 Å². The second-order valence-electron chi connectivity index (χ2n) is 6.23. The lowest BCUT2D eigenvalue weighted by Crippen LogP contribution is -2.37. The first-order chi connectivity index (χ1) is 11.7. The third kappa shape index (κ3) is 7.22. The topological polar surface area (TPSA) is 56.7 Å². The van der Waals surface area contributed by atoms with Crippen molar-refractivity contribution in [1.82, 2.24) is 10.6 Å². The van der Waals surface area contributed by atoms with Crippen LogP contribution in [-0.2, 0) is 11.3 Å². The van der Waals surface area contributed by atoms with Crippen molar-refractivity contribution in [2.45, 2.75) is 52.0 Å². The van der Waals surface area contributed by atoms with Gasteiger partial charge in [0.15, 0.2) is 5.96 Å². The number of unbranched alkanes of at least 4 members (excludes halogenated alkanes) is 2. The molecule has 0 aromatic heterocycles. The Kier molecular flexibility index (Phi) is 10.5. The van der Waals surface area contributed by atoms with Gasteiger partial charge in [-0.1, -0.05) is 31.9 Å². The number of guanidine groups is 1. The molecule has 0 radical (unpaired) electrons. The summed E-state index contributed by atoms with van der Waals surface area (Å²) in [7, 11) is 1.79. The van der Waals surface area contributed by atoms with Crippen molar-refractivity contribution in [3.05, 3.63) is 29.8 Å². The Morgan fingerprint density at radius 1 is 1.16 bits per heavy atom. The minimum absolute atomic E-state index is 0. The van der Waals surface area contributed by atoms with Gasteiger partial charge in [0.1, 0.15) is 0 Å². The van der Waals surface area contributed by atoms with Gasteiger partial charge in [0.2, 0.25) is 5.91 Å². The van der Waals surface area contributed by atoms with Crippen LogP contribution >= 0.6 is 24.0 Å². The number of piperidine rings is 1. The zero-order valence-corrected chi connectivity index (χ0v) is 17.7. The Labute approximate surface area is 168 Å². The smallest absolute Gasteiger partial charge is 0.226 e. The maximum Gasteiger partial charge on any atom is 0.226 e. The Balaban J connectivity index is 0.00000312. The number of benzene rings is 1. The van der Waals surface area contributed by atoms with Gasteiger partial charge in [-0.2, -0.15) is 0 Å². The SMILES string of the molecule is CCCCCNC(=NC)NCc1ccc(N2CCCCC2=O)cc1.I. The molecule has 0 spiro atoms. The van der Waals surface area contributed by atoms with Gasteiger partial charge in [-0.3, -0.25) is 9.79 Å². The molecule has 1 saturated heterocycles. The van der Waals surface area contributed by atoms with Gasteiger partial charge in [-0.25, -0.2) is 0 Å². The Morgan fingerprint density at radius 2 is 1.92 bits per heavy atom. The number of nitrogens with zero attached hydrogens (tertiary/aromatic N) is 2. The number of aliphatic imine (C=N–C) groups is 1. The van der Waals surface area contributed by atoms with Crippen LogP contribution in [0.2, 0.25) is 0 Å². The summed E-state index contributed by atoms with van der Waals surface area (Å²) < 4.78 is 0. The van der Waals surface area contributed by atoms with Crippen LogP contribution < -0.4 is 15.5 Å². The molecule has 1 fully saturated rings. The highest BCUT2D eigenvalue weighted by atomic mass is 127. The molecule has 1 aliphatic heterocycles. The standard InChI is InChI=1S/C19H30N4O.HI/c1-3-4-6-13-21-19(20-2)22-15-16-9-11-17(12-10-16)23-14-7-5-8-18(23)24;/h9-12H,3-8,13-15H2,1-2H3,(H2,20,21,22);1H. The van der Waals surface area contributed by atoms with Crippen LogP contribution in [0.1, 0.15) is 51.0 Å². The van der Waals surface area contributed by atoms with Gasteiger partial charge in [-0.15, -0.1) is 24.0 Å². The van der Waals surface area contributed by atoms with Gasteiger partial charge >= 0.3 is 0 Å². The molecule has 140 valence electrons. The van der Waals surface area contributed by atoms with Crippen molar-refractivity contribution < 1.29 is 4.79 Å². The van der Waals surface area contributed by atoms with E-state index in [1.165, 1.54) is 18.4 Å². The molecule has 0 saturated carbocycles. The van der Waals surface area contributed by atoms with Crippen LogP contribution in [-0.4, -0.2) is 32.0 Å². The van der Waals surface area contributed by atoms with E-state index in [0.29, 0.717) is 6.42 Å². The fraction of sp³-hybridized carbons (Fsp3) is 0.579. The quantitative estimate of drug-likeness (QED) is 0.284. The number of rotatable bonds is 7. The molecule has 6 heteroatoms. The van der Waals surface area contributed by atoms with Crippen molar-refractivity contribution in [2.24, 2.45) is 4.99 Å². The third-order valence-electron chi connectivity index (χ3n) is 4.33. The molecule has 1 aromatic rings. The highest BCUT2D eigenvalue weighted by molar-refractivity contribution is 14.0. The monoisotopic (exact) mass is 458 g/mol. The van der Waals surface area contributed by atoms with Crippen molar-refractivity contribution in [3.63, 3.8) is 0 Å². The van der Waals surface area contributed by atoms with Crippen LogP contribution in [0.5, 0.6) is 0 Å². The number of hydrogen-bond acceptors (Lipinski definition) is 2. The largest absolute Gasteiger partial charge is 0.356 e. The fourth-order valence-electron chi connectivity index (χ4n) is 2.86. The number of hydrogen-bond donors (Lipinski definition) is 2. The number of nitrogens with one attached hydrogen (secondary N) is 2. The fourth-order valence-corrected chi connectivity index (χ4v) is 2.86. The normalized spacial score (nSPS) is 14.9. The predicted molar refractivity (Wildman–Crippen MR) is 116 cm³/mol. The van der Waals surface area contributed by atoms with Crippen LogP contribution in [0.25, 0.3) is 0 Å². The van der Waals surface area contributed by atoms with Crippen LogP contribution in [0.3, 0.4) is 0 Å². The molecule has 1 heterocycles. The molecule has 1 aliphatic rings. The molecule has 25 heavy (non-hydrogen) atoms. The highest BCUT2D eigenvalue weighted by Crippen LogP contribution is 2.21. The summed E-state index contributed by atoms with van der Waals surface area (Å²) in [4.78, 5) is 18.1. The predicted octanol–water partition coefficient (Wildman–Crippen LogP) is 3.68. The summed E-state index contributed by atoms with van der Waals surface area (Å²) >= 11 is 0. The molecule has 0 atom stereocenters.